The molecule has 0 saturated heterocycles. The quantitative estimate of drug-likeness (QED) is 0.820. The first-order valence-corrected chi connectivity index (χ1v) is 5.90. The first kappa shape index (κ1) is 11.6. The van der Waals surface area contributed by atoms with Crippen molar-refractivity contribution in [2.75, 3.05) is 13.7 Å². The van der Waals surface area contributed by atoms with Gasteiger partial charge < -0.3 is 10.1 Å². The molecule has 1 aromatic heterocycles. The SMILES string of the molecule is COC1(CNCc2cnn(C)c2C)CCC1. The number of hydrogen-bond acceptors (Lipinski definition) is 3. The molecule has 2 rings (SSSR count). The second-order valence-corrected chi connectivity index (χ2v) is 4.72. The van der Waals surface area contributed by atoms with Crippen molar-refractivity contribution >= 4 is 0 Å². The van der Waals surface area contributed by atoms with Crippen molar-refractivity contribution < 1.29 is 4.74 Å². The highest BCUT2D eigenvalue weighted by Crippen LogP contribution is 2.34. The monoisotopic (exact) mass is 223 g/mol. The average Bonchev–Trinajstić information content (AvgIpc) is 2.53. The average molecular weight is 223 g/mol. The van der Waals surface area contributed by atoms with Crippen LogP contribution in [0.2, 0.25) is 0 Å². The van der Waals surface area contributed by atoms with Gasteiger partial charge in [0.25, 0.3) is 0 Å². The van der Waals surface area contributed by atoms with Gasteiger partial charge in [0, 0.05) is 38.5 Å². The summed E-state index contributed by atoms with van der Waals surface area (Å²) in [5.74, 6) is 0. The number of hydrogen-bond donors (Lipinski definition) is 1. The van der Waals surface area contributed by atoms with Gasteiger partial charge >= 0.3 is 0 Å². The minimum Gasteiger partial charge on any atom is -0.377 e. The molecule has 1 fully saturated rings. The maximum absolute atomic E-state index is 5.56. The smallest absolute Gasteiger partial charge is 0.0802 e. The highest BCUT2D eigenvalue weighted by atomic mass is 16.5. The van der Waals surface area contributed by atoms with Crippen LogP contribution in [0, 0.1) is 6.92 Å². The normalized spacial score (nSPS) is 18.4. The Morgan fingerprint density at radius 1 is 1.56 bits per heavy atom. The molecule has 1 aromatic rings. The molecule has 4 heteroatoms. The van der Waals surface area contributed by atoms with Crippen molar-refractivity contribution in [2.45, 2.75) is 38.3 Å². The first-order chi connectivity index (χ1) is 7.67. The van der Waals surface area contributed by atoms with E-state index in [1.807, 2.05) is 25.0 Å². The predicted octanol–water partition coefficient (Wildman–Crippen LogP) is 1.39. The first-order valence-electron chi connectivity index (χ1n) is 5.90. The number of nitrogens with zero attached hydrogens (tertiary/aromatic N) is 2. The second-order valence-electron chi connectivity index (χ2n) is 4.72. The number of methoxy groups -OCH3 is 1. The van der Waals surface area contributed by atoms with Crippen LogP contribution in [0.3, 0.4) is 0 Å². The fraction of sp³-hybridized carbons (Fsp3) is 0.750. The topological polar surface area (TPSA) is 39.1 Å². The lowest BCUT2D eigenvalue weighted by molar-refractivity contribution is -0.0695. The largest absolute Gasteiger partial charge is 0.377 e. The van der Waals surface area contributed by atoms with E-state index in [-0.39, 0.29) is 5.60 Å². The molecule has 1 aliphatic carbocycles. The van der Waals surface area contributed by atoms with Crippen LogP contribution in [0.1, 0.15) is 30.5 Å². The van der Waals surface area contributed by atoms with Gasteiger partial charge in [0.1, 0.15) is 0 Å². The van der Waals surface area contributed by atoms with Gasteiger partial charge in [-0.15, -0.1) is 0 Å². The minimum absolute atomic E-state index is 0.107. The van der Waals surface area contributed by atoms with Crippen LogP contribution in [0.25, 0.3) is 0 Å². The summed E-state index contributed by atoms with van der Waals surface area (Å²) in [5, 5.41) is 7.70. The third-order valence-electron chi connectivity index (χ3n) is 3.80. The van der Waals surface area contributed by atoms with Crippen molar-refractivity contribution in [1.82, 2.24) is 15.1 Å². The molecular weight excluding hydrogens is 202 g/mol. The fourth-order valence-corrected chi connectivity index (χ4v) is 2.17. The van der Waals surface area contributed by atoms with Crippen LogP contribution in [0.4, 0.5) is 0 Å². The van der Waals surface area contributed by atoms with Crippen LogP contribution in [0.5, 0.6) is 0 Å². The molecule has 0 amide bonds. The van der Waals surface area contributed by atoms with E-state index in [9.17, 15) is 0 Å². The lowest BCUT2D eigenvalue weighted by atomic mass is 9.80. The van der Waals surface area contributed by atoms with Gasteiger partial charge in [0.15, 0.2) is 0 Å². The Labute approximate surface area is 97.0 Å². The van der Waals surface area contributed by atoms with Crippen LogP contribution in [0.15, 0.2) is 6.20 Å². The zero-order chi connectivity index (χ0) is 11.6. The molecule has 1 saturated carbocycles. The second kappa shape index (κ2) is 4.55. The zero-order valence-electron chi connectivity index (χ0n) is 10.4. The van der Waals surface area contributed by atoms with Crippen LogP contribution in [-0.2, 0) is 18.3 Å². The lowest BCUT2D eigenvalue weighted by Crippen LogP contribution is -2.47. The lowest BCUT2D eigenvalue weighted by Gasteiger charge is -2.40. The van der Waals surface area contributed by atoms with E-state index in [2.05, 4.69) is 17.3 Å². The van der Waals surface area contributed by atoms with Crippen molar-refractivity contribution in [3.63, 3.8) is 0 Å². The van der Waals surface area contributed by atoms with Gasteiger partial charge in [0.2, 0.25) is 0 Å². The van der Waals surface area contributed by atoms with Gasteiger partial charge in [0.05, 0.1) is 11.8 Å². The summed E-state index contributed by atoms with van der Waals surface area (Å²) in [4.78, 5) is 0. The Morgan fingerprint density at radius 3 is 2.75 bits per heavy atom. The van der Waals surface area contributed by atoms with Crippen molar-refractivity contribution in [2.24, 2.45) is 7.05 Å². The molecule has 4 nitrogen and oxygen atoms in total. The fourth-order valence-electron chi connectivity index (χ4n) is 2.17. The predicted molar refractivity (Wildman–Crippen MR) is 63.2 cm³/mol. The van der Waals surface area contributed by atoms with Gasteiger partial charge in [-0.3, -0.25) is 4.68 Å². The Balaban J connectivity index is 1.82. The standard InChI is InChI=1S/C12H21N3O/c1-10-11(8-14-15(10)2)7-13-9-12(16-3)5-4-6-12/h8,13H,4-7,9H2,1-3H3. The summed E-state index contributed by atoms with van der Waals surface area (Å²) in [6.07, 6.45) is 5.59. The molecule has 1 N–H and O–H groups in total. The molecule has 0 bridgehead atoms. The summed E-state index contributed by atoms with van der Waals surface area (Å²) in [7, 11) is 3.79. The molecule has 16 heavy (non-hydrogen) atoms. The van der Waals surface area contributed by atoms with Crippen LogP contribution in [-0.4, -0.2) is 29.0 Å². The molecule has 0 atom stereocenters. The molecule has 1 aliphatic rings. The van der Waals surface area contributed by atoms with Gasteiger partial charge in [-0.05, 0) is 26.2 Å². The van der Waals surface area contributed by atoms with E-state index in [1.54, 1.807) is 0 Å². The van der Waals surface area contributed by atoms with E-state index in [1.165, 1.54) is 30.5 Å². The van der Waals surface area contributed by atoms with Gasteiger partial charge in [-0.25, -0.2) is 0 Å². The third-order valence-corrected chi connectivity index (χ3v) is 3.80. The van der Waals surface area contributed by atoms with Crippen molar-refractivity contribution in [3.8, 4) is 0 Å². The van der Waals surface area contributed by atoms with E-state index in [0.717, 1.165) is 13.1 Å². The number of rotatable bonds is 5. The summed E-state index contributed by atoms with van der Waals surface area (Å²) in [6, 6.07) is 0. The van der Waals surface area contributed by atoms with E-state index < -0.39 is 0 Å². The van der Waals surface area contributed by atoms with Crippen LogP contribution >= 0.6 is 0 Å². The van der Waals surface area contributed by atoms with Crippen molar-refractivity contribution in [1.29, 1.82) is 0 Å². The van der Waals surface area contributed by atoms with Gasteiger partial charge in [-0.2, -0.15) is 5.10 Å². The molecule has 0 aromatic carbocycles. The Bertz CT molecular complexity index is 350. The number of ether oxygens (including phenoxy) is 1. The van der Waals surface area contributed by atoms with E-state index in [0.29, 0.717) is 0 Å². The van der Waals surface area contributed by atoms with Crippen LogP contribution < -0.4 is 5.32 Å². The highest BCUT2D eigenvalue weighted by Gasteiger charge is 2.36. The molecule has 0 spiro atoms. The summed E-state index contributed by atoms with van der Waals surface area (Å²) in [5.41, 5.74) is 2.61. The molecule has 1 heterocycles. The van der Waals surface area contributed by atoms with E-state index >= 15 is 0 Å². The summed E-state index contributed by atoms with van der Waals surface area (Å²) >= 11 is 0. The maximum atomic E-state index is 5.56. The maximum Gasteiger partial charge on any atom is 0.0802 e. The minimum atomic E-state index is 0.107. The van der Waals surface area contributed by atoms with E-state index in [4.69, 9.17) is 4.74 Å². The number of aromatic nitrogens is 2. The summed E-state index contributed by atoms with van der Waals surface area (Å²) < 4.78 is 7.47. The molecule has 0 aliphatic heterocycles. The third kappa shape index (κ3) is 2.13. The highest BCUT2D eigenvalue weighted by molar-refractivity contribution is 5.15. The van der Waals surface area contributed by atoms with Crippen molar-refractivity contribution in [3.05, 3.63) is 17.5 Å². The molecule has 90 valence electrons. The molecule has 0 unspecified atom stereocenters. The Hall–Kier alpha value is -0.870. The number of aryl methyl sites for hydroxylation is 1. The van der Waals surface area contributed by atoms with Gasteiger partial charge in [-0.1, -0.05) is 0 Å². The Morgan fingerprint density at radius 2 is 2.31 bits per heavy atom. The molecule has 0 radical (unpaired) electrons. The zero-order valence-corrected chi connectivity index (χ0v) is 10.4. The molecular formula is C12H21N3O. The Kier molecular flexibility index (Phi) is 3.30. The summed E-state index contributed by atoms with van der Waals surface area (Å²) in [6.45, 7) is 3.92. The number of nitrogens with one attached hydrogen (secondary N) is 1.